The van der Waals surface area contributed by atoms with E-state index in [1.54, 1.807) is 24.5 Å². The van der Waals surface area contributed by atoms with Crippen molar-refractivity contribution in [3.05, 3.63) is 70.9 Å². The maximum absolute atomic E-state index is 14.4. The zero-order valence-corrected chi connectivity index (χ0v) is 17.6. The summed E-state index contributed by atoms with van der Waals surface area (Å²) < 4.78 is 14.4. The smallest absolute Gasteiger partial charge is 0.352 e. The molecule has 2 aromatic carbocycles. The summed E-state index contributed by atoms with van der Waals surface area (Å²) in [6.45, 7) is 3.97. The van der Waals surface area contributed by atoms with E-state index in [0.717, 1.165) is 22.0 Å². The molecule has 5 rings (SSSR count). The first-order valence-corrected chi connectivity index (χ1v) is 10.3. The molecule has 5 nitrogen and oxygen atoms in total. The molecule has 4 N–H and O–H groups in total. The Morgan fingerprint density at radius 3 is 2.58 bits per heavy atom. The van der Waals surface area contributed by atoms with Crippen LogP contribution in [0.3, 0.4) is 0 Å². The second kappa shape index (κ2) is 7.03. The molecule has 0 radical (unpaired) electrons. The fraction of sp³-hybridized carbons (Fsp3) is 0.125. The molecule has 0 atom stereocenters. The fourth-order valence-corrected chi connectivity index (χ4v) is 4.68. The van der Waals surface area contributed by atoms with Crippen molar-refractivity contribution in [1.29, 1.82) is 0 Å². The van der Waals surface area contributed by atoms with Crippen molar-refractivity contribution in [2.45, 2.75) is 19.8 Å². The van der Waals surface area contributed by atoms with Crippen LogP contribution in [0.25, 0.3) is 44.2 Å². The minimum Gasteiger partial charge on any atom is -0.477 e. The number of rotatable bonds is 4. The number of fused-ring (bicyclic) bond motifs is 2. The highest BCUT2D eigenvalue weighted by atomic mass is 35.5. The molecular weight excluding hydrogens is 417 g/mol. The highest BCUT2D eigenvalue weighted by Crippen LogP contribution is 2.46. The lowest BCUT2D eigenvalue weighted by atomic mass is 9.89. The van der Waals surface area contributed by atoms with Gasteiger partial charge in [-0.2, -0.15) is 0 Å². The van der Waals surface area contributed by atoms with Crippen LogP contribution in [0.15, 0.2) is 48.8 Å². The molecule has 3 aromatic heterocycles. The van der Waals surface area contributed by atoms with Crippen molar-refractivity contribution in [2.75, 3.05) is 0 Å². The average molecular weight is 436 g/mol. The first kappa shape index (κ1) is 19.5. The Morgan fingerprint density at radius 1 is 1.06 bits per heavy atom. The van der Waals surface area contributed by atoms with E-state index in [1.165, 1.54) is 12.1 Å². The zero-order chi connectivity index (χ0) is 21.9. The Labute approximate surface area is 181 Å². The van der Waals surface area contributed by atoms with E-state index in [4.69, 9.17) is 11.6 Å². The fourth-order valence-electron chi connectivity index (χ4n) is 4.42. The molecule has 7 heteroatoms. The molecule has 0 unspecified atom stereocenters. The maximum atomic E-state index is 14.4. The first-order chi connectivity index (χ1) is 14.9. The lowest BCUT2D eigenvalue weighted by Crippen LogP contribution is -2.00. The summed E-state index contributed by atoms with van der Waals surface area (Å²) in [5.41, 5.74) is 4.70. The second-order valence-electron chi connectivity index (χ2n) is 7.88. The van der Waals surface area contributed by atoms with Gasteiger partial charge in [-0.05, 0) is 47.9 Å². The summed E-state index contributed by atoms with van der Waals surface area (Å²) >= 11 is 6.62. The van der Waals surface area contributed by atoms with Gasteiger partial charge in [0.1, 0.15) is 11.5 Å². The van der Waals surface area contributed by atoms with E-state index >= 15 is 0 Å². The molecule has 5 aromatic rings. The third kappa shape index (κ3) is 2.94. The van der Waals surface area contributed by atoms with Gasteiger partial charge < -0.3 is 20.1 Å². The molecule has 0 aliphatic carbocycles. The Bertz CT molecular complexity index is 1480. The Balaban J connectivity index is 1.94. The number of hydrogen-bond donors (Lipinski definition) is 4. The number of benzene rings is 2. The summed E-state index contributed by atoms with van der Waals surface area (Å²) in [5, 5.41) is 12.1. The van der Waals surface area contributed by atoms with Crippen LogP contribution in [0.2, 0.25) is 5.02 Å². The van der Waals surface area contributed by atoms with Gasteiger partial charge in [0.05, 0.1) is 11.2 Å². The van der Waals surface area contributed by atoms with Crippen LogP contribution in [0.4, 0.5) is 4.39 Å². The van der Waals surface area contributed by atoms with E-state index in [9.17, 15) is 14.3 Å². The van der Waals surface area contributed by atoms with E-state index < -0.39 is 11.8 Å². The SMILES string of the molecule is CC(C)c1c(-c2cc(F)cc3cc[nH]c23)[nH]c(C(=O)O)c1-c1c(Cl)ccc2[nH]ccc12. The molecule has 156 valence electrons. The Morgan fingerprint density at radius 2 is 1.84 bits per heavy atom. The van der Waals surface area contributed by atoms with Crippen LogP contribution < -0.4 is 0 Å². The maximum Gasteiger partial charge on any atom is 0.352 e. The van der Waals surface area contributed by atoms with Crippen LogP contribution in [0, 0.1) is 5.82 Å². The lowest BCUT2D eigenvalue weighted by molar-refractivity contribution is 0.0692. The Kier molecular flexibility index (Phi) is 4.41. The van der Waals surface area contributed by atoms with Gasteiger partial charge in [-0.25, -0.2) is 9.18 Å². The van der Waals surface area contributed by atoms with Crippen molar-refractivity contribution < 1.29 is 14.3 Å². The molecule has 31 heavy (non-hydrogen) atoms. The third-order valence-corrected chi connectivity index (χ3v) is 5.97. The summed E-state index contributed by atoms with van der Waals surface area (Å²) in [6.07, 6.45) is 3.53. The number of carbonyl (C=O) groups is 1. The third-order valence-electron chi connectivity index (χ3n) is 5.66. The number of aromatic amines is 3. The minimum atomic E-state index is -1.11. The van der Waals surface area contributed by atoms with E-state index in [1.807, 2.05) is 26.0 Å². The van der Waals surface area contributed by atoms with Gasteiger partial charge in [0, 0.05) is 50.4 Å². The molecule has 0 spiro atoms. The summed E-state index contributed by atoms with van der Waals surface area (Å²) in [5.74, 6) is -1.56. The van der Waals surface area contributed by atoms with Gasteiger partial charge in [0.2, 0.25) is 0 Å². The summed E-state index contributed by atoms with van der Waals surface area (Å²) in [4.78, 5) is 21.7. The number of hydrogen-bond acceptors (Lipinski definition) is 1. The first-order valence-electron chi connectivity index (χ1n) is 9.89. The van der Waals surface area contributed by atoms with Crippen molar-refractivity contribution in [1.82, 2.24) is 15.0 Å². The lowest BCUT2D eigenvalue weighted by Gasteiger charge is -2.14. The molecule has 3 heterocycles. The normalized spacial score (nSPS) is 11.8. The monoisotopic (exact) mass is 435 g/mol. The topological polar surface area (TPSA) is 84.7 Å². The van der Waals surface area contributed by atoms with Crippen LogP contribution in [-0.2, 0) is 0 Å². The van der Waals surface area contributed by atoms with Crippen LogP contribution in [-0.4, -0.2) is 26.0 Å². The van der Waals surface area contributed by atoms with Crippen LogP contribution in [0.5, 0.6) is 0 Å². The van der Waals surface area contributed by atoms with Gasteiger partial charge in [0.15, 0.2) is 0 Å². The van der Waals surface area contributed by atoms with E-state index in [-0.39, 0.29) is 11.6 Å². The minimum absolute atomic E-state index is 0.0262. The quantitative estimate of drug-likeness (QED) is 0.247. The predicted molar refractivity (Wildman–Crippen MR) is 121 cm³/mol. The summed E-state index contributed by atoms with van der Waals surface area (Å²) in [7, 11) is 0. The summed E-state index contributed by atoms with van der Waals surface area (Å²) in [6, 6.07) is 10.2. The van der Waals surface area contributed by atoms with Gasteiger partial charge in [-0.3, -0.25) is 0 Å². The molecule has 0 aliphatic heterocycles. The van der Waals surface area contributed by atoms with Gasteiger partial charge in [-0.15, -0.1) is 0 Å². The average Bonchev–Trinajstić information content (AvgIpc) is 3.44. The molecular formula is C24H19ClFN3O2. The molecule has 0 fully saturated rings. The largest absolute Gasteiger partial charge is 0.477 e. The Hall–Kier alpha value is -3.51. The van der Waals surface area contributed by atoms with E-state index in [0.29, 0.717) is 32.8 Å². The molecule has 0 bridgehead atoms. The van der Waals surface area contributed by atoms with Crippen LogP contribution >= 0.6 is 11.6 Å². The zero-order valence-electron chi connectivity index (χ0n) is 16.8. The number of aromatic nitrogens is 3. The number of nitrogens with one attached hydrogen (secondary N) is 3. The standard InChI is InChI=1S/C24H19ClFN3O2/c1-11(2)18-20(19-14-6-8-27-17(14)4-3-16(19)25)23(24(30)31)29-22(18)15-10-13(26)9-12-5-7-28-21(12)15/h3-11,27-29H,1-2H3,(H,30,31). The van der Waals surface area contributed by atoms with E-state index in [2.05, 4.69) is 15.0 Å². The van der Waals surface area contributed by atoms with Crippen LogP contribution in [0.1, 0.15) is 35.8 Å². The number of halogens is 2. The van der Waals surface area contributed by atoms with Gasteiger partial charge in [0.25, 0.3) is 0 Å². The highest BCUT2D eigenvalue weighted by Gasteiger charge is 2.29. The molecule has 0 saturated heterocycles. The second-order valence-corrected chi connectivity index (χ2v) is 8.29. The number of aromatic carboxylic acids is 1. The predicted octanol–water partition coefficient (Wildman–Crippen LogP) is 6.93. The number of carboxylic acid groups (broad SMARTS) is 1. The molecule has 0 saturated carbocycles. The number of H-pyrrole nitrogens is 3. The van der Waals surface area contributed by atoms with Crippen molar-refractivity contribution in [2.24, 2.45) is 0 Å². The molecule has 0 aliphatic rings. The van der Waals surface area contributed by atoms with Crippen molar-refractivity contribution in [3.63, 3.8) is 0 Å². The van der Waals surface area contributed by atoms with Crippen molar-refractivity contribution in [3.8, 4) is 22.4 Å². The van der Waals surface area contributed by atoms with Crippen molar-refractivity contribution >= 4 is 39.4 Å². The number of carboxylic acids is 1. The van der Waals surface area contributed by atoms with Gasteiger partial charge in [-0.1, -0.05) is 25.4 Å². The molecule has 0 amide bonds. The van der Waals surface area contributed by atoms with Gasteiger partial charge >= 0.3 is 5.97 Å². The highest BCUT2D eigenvalue weighted by molar-refractivity contribution is 6.35.